The van der Waals surface area contributed by atoms with Crippen molar-refractivity contribution in [1.29, 1.82) is 0 Å². The molecule has 1 saturated heterocycles. The highest BCUT2D eigenvalue weighted by Crippen LogP contribution is 2.32. The van der Waals surface area contributed by atoms with Crippen molar-refractivity contribution in [3.63, 3.8) is 0 Å². The molecule has 1 aliphatic carbocycles. The molecule has 0 bridgehead atoms. The molecule has 8 nitrogen and oxygen atoms in total. The van der Waals surface area contributed by atoms with Crippen LogP contribution >= 0.6 is 0 Å². The number of nitrogens with one attached hydrogen (secondary N) is 2. The van der Waals surface area contributed by atoms with Gasteiger partial charge in [-0.25, -0.2) is 4.98 Å². The minimum Gasteiger partial charge on any atom is -0.367 e. The molecule has 0 aromatic carbocycles. The van der Waals surface area contributed by atoms with Gasteiger partial charge in [0.1, 0.15) is 5.82 Å². The number of pyridine rings is 1. The van der Waals surface area contributed by atoms with Crippen LogP contribution < -0.4 is 15.5 Å². The Morgan fingerprint density at radius 2 is 1.75 bits per heavy atom. The van der Waals surface area contributed by atoms with Crippen molar-refractivity contribution >= 4 is 23.2 Å². The van der Waals surface area contributed by atoms with Gasteiger partial charge in [0.2, 0.25) is 5.82 Å². The number of hydrogen-bond acceptors (Lipinski definition) is 6. The molecular formula is C20H31N5O3. The first kappa shape index (κ1) is 20.4. The van der Waals surface area contributed by atoms with Crippen molar-refractivity contribution in [2.24, 2.45) is 11.8 Å². The summed E-state index contributed by atoms with van der Waals surface area (Å²) in [5, 5.41) is 17.4. The lowest BCUT2D eigenvalue weighted by molar-refractivity contribution is -0.384. The van der Waals surface area contributed by atoms with Crippen LogP contribution in [0.2, 0.25) is 0 Å². The van der Waals surface area contributed by atoms with E-state index in [1.807, 2.05) is 0 Å². The average molecular weight is 390 g/mol. The normalized spacial score (nSPS) is 23.3. The molecule has 0 radical (unpaired) electrons. The van der Waals surface area contributed by atoms with Crippen molar-refractivity contribution < 1.29 is 9.72 Å². The molecule has 1 aromatic rings. The first-order valence-electron chi connectivity index (χ1n) is 10.3. The van der Waals surface area contributed by atoms with Gasteiger partial charge in [-0.3, -0.25) is 14.9 Å². The molecule has 2 aliphatic rings. The van der Waals surface area contributed by atoms with E-state index in [2.05, 4.69) is 34.4 Å². The number of amides is 1. The minimum atomic E-state index is -0.486. The molecule has 2 N–H and O–H groups in total. The summed E-state index contributed by atoms with van der Waals surface area (Å²) in [4.78, 5) is 30.7. The van der Waals surface area contributed by atoms with Gasteiger partial charge in [-0.1, -0.05) is 13.8 Å². The molecule has 1 amide bonds. The quantitative estimate of drug-likeness (QED) is 0.590. The van der Waals surface area contributed by atoms with E-state index in [1.165, 1.54) is 6.07 Å². The van der Waals surface area contributed by atoms with Crippen LogP contribution in [-0.2, 0) is 0 Å². The second-order valence-corrected chi connectivity index (χ2v) is 8.33. The summed E-state index contributed by atoms with van der Waals surface area (Å²) >= 11 is 0. The van der Waals surface area contributed by atoms with E-state index in [9.17, 15) is 14.9 Å². The standard InChI is InChI=1S/C20H31N5O3/c1-13-4-6-15(7-5-13)22-20(26)16-12-17(25(27)28)18(21-3)23-19(16)24-10-8-14(2)9-11-24/h12-15H,4-11H2,1-3H3,(H,21,23)(H,22,26)/t13-,15-. The van der Waals surface area contributed by atoms with Crippen LogP contribution in [0.4, 0.5) is 17.3 Å². The van der Waals surface area contributed by atoms with Crippen molar-refractivity contribution in [3.8, 4) is 0 Å². The number of rotatable bonds is 5. The summed E-state index contributed by atoms with van der Waals surface area (Å²) in [7, 11) is 1.61. The van der Waals surface area contributed by atoms with E-state index in [4.69, 9.17) is 0 Å². The van der Waals surface area contributed by atoms with Gasteiger partial charge >= 0.3 is 5.69 Å². The monoisotopic (exact) mass is 389 g/mol. The van der Waals surface area contributed by atoms with Crippen molar-refractivity contribution in [2.45, 2.75) is 58.4 Å². The summed E-state index contributed by atoms with van der Waals surface area (Å²) in [6.07, 6.45) is 6.14. The lowest BCUT2D eigenvalue weighted by Crippen LogP contribution is -2.40. The summed E-state index contributed by atoms with van der Waals surface area (Å²) in [6, 6.07) is 1.51. The molecule has 1 aromatic heterocycles. The Morgan fingerprint density at radius 1 is 1.14 bits per heavy atom. The number of piperidine rings is 1. The van der Waals surface area contributed by atoms with Gasteiger partial charge in [0.05, 0.1) is 10.5 Å². The Morgan fingerprint density at radius 3 is 2.32 bits per heavy atom. The second-order valence-electron chi connectivity index (χ2n) is 8.33. The van der Waals surface area contributed by atoms with Crippen LogP contribution in [-0.4, -0.2) is 42.0 Å². The average Bonchev–Trinajstić information content (AvgIpc) is 2.69. The van der Waals surface area contributed by atoms with E-state index in [1.54, 1.807) is 7.05 Å². The van der Waals surface area contributed by atoms with Crippen molar-refractivity contribution in [3.05, 3.63) is 21.7 Å². The summed E-state index contributed by atoms with van der Waals surface area (Å²) in [6.45, 7) is 6.06. The third-order valence-electron chi connectivity index (χ3n) is 6.09. The van der Waals surface area contributed by atoms with Gasteiger partial charge < -0.3 is 15.5 Å². The van der Waals surface area contributed by atoms with Gasteiger partial charge in [0.25, 0.3) is 5.91 Å². The molecule has 1 saturated carbocycles. The molecule has 8 heteroatoms. The van der Waals surface area contributed by atoms with Crippen LogP contribution in [0.1, 0.15) is 62.7 Å². The molecule has 3 rings (SSSR count). The zero-order valence-corrected chi connectivity index (χ0v) is 17.0. The Labute approximate surface area is 166 Å². The van der Waals surface area contributed by atoms with Crippen LogP contribution in [0.3, 0.4) is 0 Å². The number of carbonyl (C=O) groups excluding carboxylic acids is 1. The van der Waals surface area contributed by atoms with E-state index >= 15 is 0 Å². The number of anilines is 2. The maximum atomic E-state index is 13.1. The summed E-state index contributed by atoms with van der Waals surface area (Å²) < 4.78 is 0. The Hall–Kier alpha value is -2.38. The highest BCUT2D eigenvalue weighted by Gasteiger charge is 2.29. The van der Waals surface area contributed by atoms with Gasteiger partial charge in [-0.2, -0.15) is 0 Å². The Kier molecular flexibility index (Phi) is 6.36. The largest absolute Gasteiger partial charge is 0.367 e. The first-order valence-corrected chi connectivity index (χ1v) is 10.3. The predicted octanol–water partition coefficient (Wildman–Crippen LogP) is 3.58. The van der Waals surface area contributed by atoms with Crippen molar-refractivity contribution in [2.75, 3.05) is 30.4 Å². The van der Waals surface area contributed by atoms with Gasteiger partial charge in [0.15, 0.2) is 0 Å². The molecule has 154 valence electrons. The van der Waals surface area contributed by atoms with Gasteiger partial charge in [-0.05, 0) is 50.4 Å². The van der Waals surface area contributed by atoms with Crippen LogP contribution in [0.5, 0.6) is 0 Å². The van der Waals surface area contributed by atoms with E-state index in [0.717, 1.165) is 51.6 Å². The van der Waals surface area contributed by atoms with Crippen LogP contribution in [0.25, 0.3) is 0 Å². The summed E-state index contributed by atoms with van der Waals surface area (Å²) in [5.41, 5.74) is 0.137. The van der Waals surface area contributed by atoms with Gasteiger partial charge in [-0.15, -0.1) is 0 Å². The maximum absolute atomic E-state index is 13.1. The van der Waals surface area contributed by atoms with E-state index < -0.39 is 4.92 Å². The smallest absolute Gasteiger partial charge is 0.312 e. The third-order valence-corrected chi connectivity index (χ3v) is 6.09. The van der Waals surface area contributed by atoms with Crippen LogP contribution in [0.15, 0.2) is 6.07 Å². The van der Waals surface area contributed by atoms with Gasteiger partial charge in [0, 0.05) is 32.2 Å². The highest BCUT2D eigenvalue weighted by molar-refractivity contribution is 6.00. The predicted molar refractivity (Wildman–Crippen MR) is 110 cm³/mol. The molecule has 0 unspecified atom stereocenters. The number of nitro groups is 1. The first-order chi connectivity index (χ1) is 13.4. The fraction of sp³-hybridized carbons (Fsp3) is 0.700. The molecule has 0 spiro atoms. The summed E-state index contributed by atoms with van der Waals surface area (Å²) in [5.74, 6) is 1.81. The van der Waals surface area contributed by atoms with Crippen LogP contribution in [0, 0.1) is 22.0 Å². The zero-order valence-electron chi connectivity index (χ0n) is 17.0. The topological polar surface area (TPSA) is 100 Å². The lowest BCUT2D eigenvalue weighted by atomic mass is 9.87. The number of hydrogen-bond donors (Lipinski definition) is 2. The number of aromatic nitrogens is 1. The minimum absolute atomic E-state index is 0.126. The highest BCUT2D eigenvalue weighted by atomic mass is 16.6. The third kappa shape index (κ3) is 4.54. The molecule has 2 fully saturated rings. The van der Waals surface area contributed by atoms with Crippen molar-refractivity contribution in [1.82, 2.24) is 10.3 Å². The maximum Gasteiger partial charge on any atom is 0.312 e. The van der Waals surface area contributed by atoms with E-state index in [0.29, 0.717) is 23.2 Å². The fourth-order valence-corrected chi connectivity index (χ4v) is 4.11. The molecule has 2 heterocycles. The molecular weight excluding hydrogens is 358 g/mol. The molecule has 1 aliphatic heterocycles. The lowest BCUT2D eigenvalue weighted by Gasteiger charge is -2.33. The fourth-order valence-electron chi connectivity index (χ4n) is 4.11. The Balaban J connectivity index is 1.90. The molecule has 0 atom stereocenters. The zero-order chi connectivity index (χ0) is 20.3. The second kappa shape index (κ2) is 8.75. The SMILES string of the molecule is CNc1nc(N2CCC(C)CC2)c(C(=O)N[C@H]2CC[C@H](C)CC2)cc1[N+](=O)[O-]. The molecule has 28 heavy (non-hydrogen) atoms. The van der Waals surface area contributed by atoms with E-state index in [-0.39, 0.29) is 23.5 Å². The number of carbonyl (C=O) groups is 1. The number of nitrogens with zero attached hydrogens (tertiary/aromatic N) is 3. The Bertz CT molecular complexity index is 723.